The molecule has 5 nitrogen and oxygen atoms in total. The summed E-state index contributed by atoms with van der Waals surface area (Å²) in [6, 6.07) is 14.5. The predicted octanol–water partition coefficient (Wildman–Crippen LogP) is 4.69. The number of amides is 1. The summed E-state index contributed by atoms with van der Waals surface area (Å²) in [5.41, 5.74) is 4.24. The maximum atomic E-state index is 12.5. The van der Waals surface area contributed by atoms with Crippen molar-refractivity contribution >= 4 is 29.3 Å². The largest absolute Gasteiger partial charge is 0.321 e. The van der Waals surface area contributed by atoms with Crippen LogP contribution in [0.4, 0.5) is 5.69 Å². The second-order valence-electron chi connectivity index (χ2n) is 6.00. The molecule has 1 amide bonds. The molecule has 0 spiro atoms. The van der Waals surface area contributed by atoms with Crippen LogP contribution >= 0.6 is 11.6 Å². The Morgan fingerprint density at radius 1 is 1.26 bits per heavy atom. The van der Waals surface area contributed by atoms with E-state index in [4.69, 9.17) is 11.6 Å². The van der Waals surface area contributed by atoms with Crippen LogP contribution in [0.3, 0.4) is 0 Å². The second kappa shape index (κ2) is 7.90. The van der Waals surface area contributed by atoms with Gasteiger partial charge in [0.05, 0.1) is 11.9 Å². The van der Waals surface area contributed by atoms with Gasteiger partial charge < -0.3 is 9.88 Å². The van der Waals surface area contributed by atoms with Gasteiger partial charge in [-0.05, 0) is 68.0 Å². The maximum absolute atomic E-state index is 12.5. The Kier molecular flexibility index (Phi) is 5.39. The normalized spacial score (nSPS) is 11.1. The number of hydrogen-bond acceptors (Lipinski definition) is 3. The SMILES string of the molecule is Cc1cc(/C=C(/C#N)C(=O)Nc2ccc(Cl)cc2)c(C)n1-c1cccnc1. The topological polar surface area (TPSA) is 70.7 Å². The van der Waals surface area contributed by atoms with Gasteiger partial charge in [-0.3, -0.25) is 9.78 Å². The molecule has 2 heterocycles. The molecule has 0 bridgehead atoms. The zero-order valence-electron chi connectivity index (χ0n) is 14.9. The van der Waals surface area contributed by atoms with Gasteiger partial charge in [-0.2, -0.15) is 5.26 Å². The van der Waals surface area contributed by atoms with Gasteiger partial charge in [-0.25, -0.2) is 0 Å². The standard InChI is InChI=1S/C21H17ClN4O/c1-14-10-16(15(2)26(14)20-4-3-9-24-13-20)11-17(12-23)21(27)25-19-7-5-18(22)6-8-19/h3-11,13H,1-2H3,(H,25,27)/b17-11-. The molecule has 0 saturated carbocycles. The number of carbonyl (C=O) groups excluding carboxylic acids is 1. The van der Waals surface area contributed by atoms with Crippen LogP contribution < -0.4 is 5.32 Å². The smallest absolute Gasteiger partial charge is 0.266 e. The Bertz CT molecular complexity index is 1040. The lowest BCUT2D eigenvalue weighted by molar-refractivity contribution is -0.112. The molecule has 1 aromatic carbocycles. The van der Waals surface area contributed by atoms with Crippen LogP contribution in [-0.4, -0.2) is 15.5 Å². The number of anilines is 1. The van der Waals surface area contributed by atoms with E-state index in [1.54, 1.807) is 42.7 Å². The fourth-order valence-corrected chi connectivity index (χ4v) is 2.98. The highest BCUT2D eigenvalue weighted by Crippen LogP contribution is 2.23. The molecular weight excluding hydrogens is 360 g/mol. The fraction of sp³-hybridized carbons (Fsp3) is 0.0952. The van der Waals surface area contributed by atoms with Crippen LogP contribution in [0.2, 0.25) is 5.02 Å². The van der Waals surface area contributed by atoms with Crippen molar-refractivity contribution in [1.82, 2.24) is 9.55 Å². The number of carbonyl (C=O) groups is 1. The summed E-state index contributed by atoms with van der Waals surface area (Å²) in [6.45, 7) is 3.91. The van der Waals surface area contributed by atoms with E-state index in [0.29, 0.717) is 10.7 Å². The van der Waals surface area contributed by atoms with Gasteiger partial charge in [0.15, 0.2) is 0 Å². The minimum atomic E-state index is -0.467. The van der Waals surface area contributed by atoms with Gasteiger partial charge in [-0.1, -0.05) is 11.6 Å². The third kappa shape index (κ3) is 4.08. The molecule has 27 heavy (non-hydrogen) atoms. The van der Waals surface area contributed by atoms with E-state index in [1.807, 2.05) is 42.7 Å². The first-order chi connectivity index (χ1) is 13.0. The van der Waals surface area contributed by atoms with Crippen LogP contribution in [0.15, 0.2) is 60.4 Å². The Morgan fingerprint density at radius 2 is 2.00 bits per heavy atom. The molecule has 3 aromatic rings. The average molecular weight is 377 g/mol. The van der Waals surface area contributed by atoms with Crippen molar-refractivity contribution in [2.45, 2.75) is 13.8 Å². The molecule has 0 aliphatic heterocycles. The molecule has 0 unspecified atom stereocenters. The zero-order chi connectivity index (χ0) is 19.4. The number of hydrogen-bond donors (Lipinski definition) is 1. The summed E-state index contributed by atoms with van der Waals surface area (Å²) in [7, 11) is 0. The van der Waals surface area contributed by atoms with E-state index in [-0.39, 0.29) is 5.57 Å². The van der Waals surface area contributed by atoms with Gasteiger partial charge in [0.2, 0.25) is 0 Å². The Morgan fingerprint density at radius 3 is 2.63 bits per heavy atom. The summed E-state index contributed by atoms with van der Waals surface area (Å²) in [4.78, 5) is 16.6. The number of aromatic nitrogens is 2. The predicted molar refractivity (Wildman–Crippen MR) is 107 cm³/mol. The second-order valence-corrected chi connectivity index (χ2v) is 6.44. The van der Waals surface area contributed by atoms with Crippen LogP contribution in [0, 0.1) is 25.2 Å². The highest BCUT2D eigenvalue weighted by Gasteiger charge is 2.14. The van der Waals surface area contributed by atoms with E-state index < -0.39 is 5.91 Å². The minimum Gasteiger partial charge on any atom is -0.321 e. The van der Waals surface area contributed by atoms with E-state index in [1.165, 1.54) is 0 Å². The molecule has 1 N–H and O–H groups in total. The lowest BCUT2D eigenvalue weighted by atomic mass is 10.1. The van der Waals surface area contributed by atoms with Crippen molar-refractivity contribution in [1.29, 1.82) is 5.26 Å². The van der Waals surface area contributed by atoms with Gasteiger partial charge >= 0.3 is 0 Å². The van der Waals surface area contributed by atoms with Crippen molar-refractivity contribution in [3.05, 3.63) is 82.4 Å². The first-order valence-electron chi connectivity index (χ1n) is 8.27. The molecular formula is C21H17ClN4O. The minimum absolute atomic E-state index is 0.0244. The van der Waals surface area contributed by atoms with Crippen LogP contribution in [0.5, 0.6) is 0 Å². The van der Waals surface area contributed by atoms with Crippen molar-refractivity contribution in [2.24, 2.45) is 0 Å². The summed E-state index contributed by atoms with van der Waals surface area (Å²) >= 11 is 5.85. The summed E-state index contributed by atoms with van der Waals surface area (Å²) in [5.74, 6) is -0.467. The number of nitrogens with zero attached hydrogens (tertiary/aromatic N) is 3. The number of benzene rings is 1. The highest BCUT2D eigenvalue weighted by molar-refractivity contribution is 6.30. The van der Waals surface area contributed by atoms with Gasteiger partial charge in [-0.15, -0.1) is 0 Å². The number of aryl methyl sites for hydroxylation is 1. The number of nitrogens with one attached hydrogen (secondary N) is 1. The third-order valence-electron chi connectivity index (χ3n) is 4.14. The van der Waals surface area contributed by atoms with E-state index in [9.17, 15) is 10.1 Å². The number of nitriles is 1. The van der Waals surface area contributed by atoms with Crippen LogP contribution in [-0.2, 0) is 4.79 Å². The maximum Gasteiger partial charge on any atom is 0.266 e. The molecule has 0 radical (unpaired) electrons. The van der Waals surface area contributed by atoms with Gasteiger partial charge in [0, 0.05) is 28.3 Å². The van der Waals surface area contributed by atoms with Crippen molar-refractivity contribution < 1.29 is 4.79 Å². The molecule has 3 rings (SSSR count). The fourth-order valence-electron chi connectivity index (χ4n) is 2.85. The molecule has 6 heteroatoms. The van der Waals surface area contributed by atoms with Gasteiger partial charge in [0.25, 0.3) is 5.91 Å². The molecule has 0 saturated heterocycles. The molecule has 2 aromatic heterocycles. The quantitative estimate of drug-likeness (QED) is 0.530. The number of pyridine rings is 1. The van der Waals surface area contributed by atoms with Crippen LogP contribution in [0.1, 0.15) is 17.0 Å². The van der Waals surface area contributed by atoms with E-state index in [0.717, 1.165) is 22.6 Å². The Balaban J connectivity index is 1.91. The van der Waals surface area contributed by atoms with Crippen molar-refractivity contribution in [2.75, 3.05) is 5.32 Å². The average Bonchev–Trinajstić information content (AvgIpc) is 2.95. The molecule has 0 aliphatic rings. The Hall–Kier alpha value is -3.36. The highest BCUT2D eigenvalue weighted by atomic mass is 35.5. The summed E-state index contributed by atoms with van der Waals surface area (Å²) in [5, 5.41) is 12.7. The monoisotopic (exact) mass is 376 g/mol. The lowest BCUT2D eigenvalue weighted by Gasteiger charge is -2.08. The molecule has 134 valence electrons. The number of halogens is 1. The number of rotatable bonds is 4. The lowest BCUT2D eigenvalue weighted by Crippen LogP contribution is -2.13. The first kappa shape index (κ1) is 18.4. The molecule has 0 fully saturated rings. The molecule has 0 atom stereocenters. The van der Waals surface area contributed by atoms with Crippen LogP contribution in [0.25, 0.3) is 11.8 Å². The first-order valence-corrected chi connectivity index (χ1v) is 8.65. The molecule has 0 aliphatic carbocycles. The third-order valence-corrected chi connectivity index (χ3v) is 4.39. The summed E-state index contributed by atoms with van der Waals surface area (Å²) in [6.07, 6.45) is 5.08. The van der Waals surface area contributed by atoms with Crippen molar-refractivity contribution in [3.8, 4) is 11.8 Å². The van der Waals surface area contributed by atoms with E-state index >= 15 is 0 Å². The zero-order valence-corrected chi connectivity index (χ0v) is 15.7. The Labute approximate surface area is 162 Å². The van der Waals surface area contributed by atoms with Gasteiger partial charge in [0.1, 0.15) is 11.6 Å². The van der Waals surface area contributed by atoms with E-state index in [2.05, 4.69) is 10.3 Å². The summed E-state index contributed by atoms with van der Waals surface area (Å²) < 4.78 is 2.03. The van der Waals surface area contributed by atoms with Crippen molar-refractivity contribution in [3.63, 3.8) is 0 Å².